The Hall–Kier alpha value is -0.680. The first-order valence-corrected chi connectivity index (χ1v) is 5.41. The van der Waals surface area contributed by atoms with Crippen LogP contribution in [0.3, 0.4) is 0 Å². The van der Waals surface area contributed by atoms with E-state index in [0.29, 0.717) is 17.0 Å². The Morgan fingerprint density at radius 3 is 2.71 bits per heavy atom. The second kappa shape index (κ2) is 3.82. The van der Waals surface area contributed by atoms with Crippen molar-refractivity contribution < 1.29 is 5.11 Å². The van der Waals surface area contributed by atoms with E-state index in [1.165, 1.54) is 0 Å². The van der Waals surface area contributed by atoms with Crippen molar-refractivity contribution in [1.29, 1.82) is 0 Å². The minimum Gasteiger partial charge on any atom is -0.388 e. The minimum atomic E-state index is -0.519. The Kier molecular flexibility index (Phi) is 2.69. The average Bonchev–Trinajstić information content (AvgIpc) is 2.14. The van der Waals surface area contributed by atoms with Gasteiger partial charge < -0.3 is 10.4 Å². The van der Waals surface area contributed by atoms with E-state index in [2.05, 4.69) is 31.2 Å². The van der Waals surface area contributed by atoms with Crippen molar-refractivity contribution in [1.82, 2.24) is 9.97 Å². The highest BCUT2D eigenvalue weighted by molar-refractivity contribution is 9.10. The first kappa shape index (κ1) is 9.86. The maximum Gasteiger partial charge on any atom is 0.144 e. The first-order valence-electron chi connectivity index (χ1n) is 4.62. The summed E-state index contributed by atoms with van der Waals surface area (Å²) in [7, 11) is 0. The molecule has 1 aliphatic carbocycles. The summed E-state index contributed by atoms with van der Waals surface area (Å²) in [6, 6.07) is 0. The number of anilines is 1. The molecular formula is C9H12BrN3O. The molecule has 2 rings (SSSR count). The lowest BCUT2D eigenvalue weighted by molar-refractivity contribution is -0.0202. The molecule has 0 spiro atoms. The Morgan fingerprint density at radius 1 is 1.43 bits per heavy atom. The minimum absolute atomic E-state index is 0.519. The van der Waals surface area contributed by atoms with Crippen LogP contribution in [0.25, 0.3) is 0 Å². The Morgan fingerprint density at radius 2 is 2.21 bits per heavy atom. The van der Waals surface area contributed by atoms with Gasteiger partial charge in [0.1, 0.15) is 10.4 Å². The normalized spacial score (nSPS) is 18.7. The molecule has 1 fully saturated rings. The molecule has 1 heterocycles. The monoisotopic (exact) mass is 257 g/mol. The maximum atomic E-state index is 9.81. The Balaban J connectivity index is 1.88. The molecule has 1 aliphatic rings. The molecule has 2 N–H and O–H groups in total. The number of aliphatic hydroxyl groups is 1. The van der Waals surface area contributed by atoms with Gasteiger partial charge in [0.2, 0.25) is 0 Å². The molecule has 0 radical (unpaired) electrons. The van der Waals surface area contributed by atoms with Gasteiger partial charge in [0.15, 0.2) is 0 Å². The number of halogens is 1. The summed E-state index contributed by atoms with van der Waals surface area (Å²) in [5, 5.41) is 12.9. The van der Waals surface area contributed by atoms with E-state index in [1.54, 1.807) is 12.4 Å². The van der Waals surface area contributed by atoms with Gasteiger partial charge in [-0.3, -0.25) is 0 Å². The molecule has 1 saturated carbocycles. The molecule has 1 aromatic heterocycles. The van der Waals surface area contributed by atoms with E-state index in [9.17, 15) is 5.11 Å². The summed E-state index contributed by atoms with van der Waals surface area (Å²) < 4.78 is 0.713. The topological polar surface area (TPSA) is 58.0 Å². The second-order valence-corrected chi connectivity index (χ2v) is 4.47. The number of rotatable bonds is 3. The molecule has 0 saturated heterocycles. The number of nitrogens with zero attached hydrogens (tertiary/aromatic N) is 2. The molecule has 76 valence electrons. The number of aromatic nitrogens is 2. The summed E-state index contributed by atoms with van der Waals surface area (Å²) in [5.41, 5.74) is -0.519. The molecule has 0 aliphatic heterocycles. The zero-order chi connectivity index (χ0) is 10.0. The highest BCUT2D eigenvalue weighted by Crippen LogP contribution is 2.31. The van der Waals surface area contributed by atoms with Crippen LogP contribution in [0.15, 0.2) is 17.0 Å². The highest BCUT2D eigenvalue weighted by atomic mass is 79.9. The van der Waals surface area contributed by atoms with Gasteiger partial charge in [-0.1, -0.05) is 0 Å². The summed E-state index contributed by atoms with van der Waals surface area (Å²) in [5.74, 6) is 0.702. The Bertz CT molecular complexity index is 310. The van der Waals surface area contributed by atoms with Crippen LogP contribution in [-0.4, -0.2) is 27.2 Å². The van der Waals surface area contributed by atoms with Crippen LogP contribution in [0.2, 0.25) is 0 Å². The zero-order valence-corrected chi connectivity index (χ0v) is 9.29. The van der Waals surface area contributed by atoms with Crippen LogP contribution < -0.4 is 5.32 Å². The fourth-order valence-corrected chi connectivity index (χ4v) is 1.63. The van der Waals surface area contributed by atoms with Crippen LogP contribution in [0.1, 0.15) is 19.3 Å². The third kappa shape index (κ3) is 2.22. The van der Waals surface area contributed by atoms with Gasteiger partial charge in [-0.15, -0.1) is 0 Å². The van der Waals surface area contributed by atoms with Gasteiger partial charge >= 0.3 is 0 Å². The molecular weight excluding hydrogens is 246 g/mol. The maximum absolute atomic E-state index is 9.81. The van der Waals surface area contributed by atoms with Crippen molar-refractivity contribution in [3.05, 3.63) is 17.0 Å². The molecule has 1 aromatic rings. The number of hydrogen-bond donors (Lipinski definition) is 2. The van der Waals surface area contributed by atoms with Gasteiger partial charge in [0.05, 0.1) is 18.0 Å². The van der Waals surface area contributed by atoms with Crippen LogP contribution in [0.5, 0.6) is 0 Å². The van der Waals surface area contributed by atoms with Crippen LogP contribution in [0.4, 0.5) is 5.82 Å². The van der Waals surface area contributed by atoms with Crippen LogP contribution in [-0.2, 0) is 0 Å². The van der Waals surface area contributed by atoms with Crippen molar-refractivity contribution in [3.63, 3.8) is 0 Å². The quantitative estimate of drug-likeness (QED) is 0.863. The standard InChI is InChI=1S/C9H12BrN3O/c10-7-4-12-8(5-11-7)13-6-9(14)2-1-3-9/h4-5,14H,1-3,6H2,(H,12,13). The molecule has 0 atom stereocenters. The lowest BCUT2D eigenvalue weighted by Crippen LogP contribution is -2.43. The highest BCUT2D eigenvalue weighted by Gasteiger charge is 2.33. The summed E-state index contributed by atoms with van der Waals surface area (Å²) in [4.78, 5) is 8.14. The third-order valence-corrected chi connectivity index (χ3v) is 2.91. The molecule has 5 heteroatoms. The molecule has 14 heavy (non-hydrogen) atoms. The van der Waals surface area contributed by atoms with Gasteiger partial charge in [-0.05, 0) is 35.2 Å². The smallest absolute Gasteiger partial charge is 0.144 e. The lowest BCUT2D eigenvalue weighted by atomic mass is 9.80. The summed E-state index contributed by atoms with van der Waals surface area (Å²) in [6.07, 6.45) is 6.15. The van der Waals surface area contributed by atoms with Gasteiger partial charge in [0.25, 0.3) is 0 Å². The molecule has 0 amide bonds. The van der Waals surface area contributed by atoms with Gasteiger partial charge in [-0.25, -0.2) is 9.97 Å². The number of nitrogens with one attached hydrogen (secondary N) is 1. The predicted octanol–water partition coefficient (Wildman–Crippen LogP) is 1.57. The van der Waals surface area contributed by atoms with Gasteiger partial charge in [0, 0.05) is 6.54 Å². The zero-order valence-electron chi connectivity index (χ0n) is 7.70. The van der Waals surface area contributed by atoms with E-state index < -0.39 is 5.60 Å². The summed E-state index contributed by atoms with van der Waals surface area (Å²) in [6.45, 7) is 0.559. The van der Waals surface area contributed by atoms with Crippen molar-refractivity contribution in [2.45, 2.75) is 24.9 Å². The molecule has 0 aromatic carbocycles. The molecule has 4 nitrogen and oxygen atoms in total. The second-order valence-electron chi connectivity index (χ2n) is 3.66. The fraction of sp³-hybridized carbons (Fsp3) is 0.556. The van der Waals surface area contributed by atoms with E-state index in [-0.39, 0.29) is 0 Å². The SMILES string of the molecule is OC1(CNc2cnc(Br)cn2)CCC1. The fourth-order valence-electron chi connectivity index (χ4n) is 1.42. The van der Waals surface area contributed by atoms with E-state index in [4.69, 9.17) is 0 Å². The molecule has 0 bridgehead atoms. The van der Waals surface area contributed by atoms with Crippen LogP contribution >= 0.6 is 15.9 Å². The lowest BCUT2D eigenvalue weighted by Gasteiger charge is -2.36. The van der Waals surface area contributed by atoms with Crippen molar-refractivity contribution >= 4 is 21.7 Å². The van der Waals surface area contributed by atoms with E-state index in [1.807, 2.05) is 0 Å². The Labute approximate surface area is 90.9 Å². The largest absolute Gasteiger partial charge is 0.388 e. The van der Waals surface area contributed by atoms with E-state index in [0.717, 1.165) is 19.3 Å². The molecule has 0 unspecified atom stereocenters. The average molecular weight is 258 g/mol. The van der Waals surface area contributed by atoms with Crippen molar-refractivity contribution in [2.24, 2.45) is 0 Å². The van der Waals surface area contributed by atoms with Crippen LogP contribution in [0, 0.1) is 0 Å². The number of hydrogen-bond acceptors (Lipinski definition) is 4. The first-order chi connectivity index (χ1) is 6.68. The third-order valence-electron chi connectivity index (χ3n) is 2.50. The predicted molar refractivity (Wildman–Crippen MR) is 57.0 cm³/mol. The van der Waals surface area contributed by atoms with Gasteiger partial charge in [-0.2, -0.15) is 0 Å². The summed E-state index contributed by atoms with van der Waals surface area (Å²) >= 11 is 3.21. The van der Waals surface area contributed by atoms with E-state index >= 15 is 0 Å². The van der Waals surface area contributed by atoms with Crippen molar-refractivity contribution in [3.8, 4) is 0 Å². The van der Waals surface area contributed by atoms with Crippen molar-refractivity contribution in [2.75, 3.05) is 11.9 Å².